The molecule has 30 heavy (non-hydrogen) atoms. The second-order valence-corrected chi connectivity index (χ2v) is 7.45. The molecule has 0 radical (unpaired) electrons. The van der Waals surface area contributed by atoms with Gasteiger partial charge in [0.15, 0.2) is 0 Å². The number of hydrogen-bond donors (Lipinski definition) is 2. The Morgan fingerprint density at radius 3 is 2.00 bits per heavy atom. The minimum absolute atomic E-state index is 0. The third-order valence-corrected chi connectivity index (χ3v) is 4.75. The number of hydrogen-bond acceptors (Lipinski definition) is 7. The van der Waals surface area contributed by atoms with Crippen molar-refractivity contribution in [2.45, 2.75) is 13.8 Å². The van der Waals surface area contributed by atoms with Gasteiger partial charge in [-0.15, -0.1) is 12.4 Å². The molecule has 0 spiro atoms. The molecule has 0 atom stereocenters. The van der Waals surface area contributed by atoms with Crippen LogP contribution in [0.5, 0.6) is 0 Å². The van der Waals surface area contributed by atoms with Gasteiger partial charge in [-0.05, 0) is 61.4 Å². The smallest absolute Gasteiger partial charge is 0.233 e. The van der Waals surface area contributed by atoms with Crippen LogP contribution >= 0.6 is 24.0 Å². The summed E-state index contributed by atoms with van der Waals surface area (Å²) in [5.74, 6) is 1.57. The number of nitrogens with zero attached hydrogens (tertiary/aromatic N) is 4. The zero-order valence-electron chi connectivity index (χ0n) is 16.9. The van der Waals surface area contributed by atoms with Gasteiger partial charge in [-0.1, -0.05) is 17.7 Å². The van der Waals surface area contributed by atoms with E-state index in [2.05, 4.69) is 62.5 Å². The van der Waals surface area contributed by atoms with E-state index in [1.807, 2.05) is 24.3 Å². The van der Waals surface area contributed by atoms with E-state index in [1.165, 1.54) is 11.1 Å². The van der Waals surface area contributed by atoms with E-state index < -0.39 is 0 Å². The van der Waals surface area contributed by atoms with Gasteiger partial charge in [0.1, 0.15) is 0 Å². The Labute approximate surface area is 187 Å². The zero-order valence-corrected chi connectivity index (χ0v) is 18.4. The van der Waals surface area contributed by atoms with Crippen molar-refractivity contribution in [1.29, 1.82) is 0 Å². The largest absolute Gasteiger partial charge is 0.378 e. The molecule has 0 saturated carbocycles. The third-order valence-electron chi connectivity index (χ3n) is 4.50. The lowest BCUT2D eigenvalue weighted by atomic mass is 10.1. The molecule has 1 aliphatic rings. The number of benzene rings is 2. The van der Waals surface area contributed by atoms with E-state index in [4.69, 9.17) is 16.3 Å². The molecule has 0 aliphatic carbocycles. The van der Waals surface area contributed by atoms with Gasteiger partial charge in [-0.2, -0.15) is 15.0 Å². The van der Waals surface area contributed by atoms with Gasteiger partial charge in [0.05, 0.1) is 13.2 Å². The molecule has 7 nitrogen and oxygen atoms in total. The second kappa shape index (κ2) is 9.93. The van der Waals surface area contributed by atoms with Gasteiger partial charge in [0, 0.05) is 29.5 Å². The maximum atomic E-state index is 5.98. The number of halogens is 2. The van der Waals surface area contributed by atoms with Crippen LogP contribution in [0.2, 0.25) is 5.02 Å². The van der Waals surface area contributed by atoms with E-state index in [1.54, 1.807) is 0 Å². The Kier molecular flexibility index (Phi) is 7.31. The van der Waals surface area contributed by atoms with Crippen molar-refractivity contribution >= 4 is 53.2 Å². The van der Waals surface area contributed by atoms with Crippen molar-refractivity contribution < 1.29 is 4.74 Å². The molecule has 2 heterocycles. The summed E-state index contributed by atoms with van der Waals surface area (Å²) in [4.78, 5) is 15.9. The van der Waals surface area contributed by atoms with Gasteiger partial charge >= 0.3 is 0 Å². The molecule has 158 valence electrons. The van der Waals surface area contributed by atoms with Crippen molar-refractivity contribution in [1.82, 2.24) is 15.0 Å². The van der Waals surface area contributed by atoms with Gasteiger partial charge < -0.3 is 20.3 Å². The van der Waals surface area contributed by atoms with E-state index in [9.17, 15) is 0 Å². The average Bonchev–Trinajstić information content (AvgIpc) is 2.69. The van der Waals surface area contributed by atoms with Crippen LogP contribution in [-0.4, -0.2) is 41.3 Å². The Hall–Kier alpha value is -2.61. The molecule has 1 fully saturated rings. The van der Waals surface area contributed by atoms with Crippen molar-refractivity contribution in [3.8, 4) is 0 Å². The zero-order chi connectivity index (χ0) is 20.2. The summed E-state index contributed by atoms with van der Waals surface area (Å²) in [5.41, 5.74) is 4.15. The summed E-state index contributed by atoms with van der Waals surface area (Å²) in [5, 5.41) is 7.24. The van der Waals surface area contributed by atoms with E-state index in [0.29, 0.717) is 36.1 Å². The number of morpholine rings is 1. The Morgan fingerprint density at radius 1 is 0.833 bits per heavy atom. The highest BCUT2D eigenvalue weighted by Crippen LogP contribution is 2.23. The molecule has 4 rings (SSSR count). The Bertz CT molecular complexity index is 973. The molecule has 0 unspecified atom stereocenters. The molecule has 1 aliphatic heterocycles. The highest BCUT2D eigenvalue weighted by atomic mass is 35.5. The van der Waals surface area contributed by atoms with Crippen LogP contribution in [0.25, 0.3) is 0 Å². The summed E-state index contributed by atoms with van der Waals surface area (Å²) in [6.07, 6.45) is 0. The predicted molar refractivity (Wildman–Crippen MR) is 124 cm³/mol. The van der Waals surface area contributed by atoms with Crippen molar-refractivity contribution in [2.75, 3.05) is 41.8 Å². The van der Waals surface area contributed by atoms with E-state index in [-0.39, 0.29) is 12.4 Å². The fourth-order valence-corrected chi connectivity index (χ4v) is 3.35. The van der Waals surface area contributed by atoms with Crippen molar-refractivity contribution in [2.24, 2.45) is 0 Å². The lowest BCUT2D eigenvalue weighted by molar-refractivity contribution is 0.122. The molecule has 1 saturated heterocycles. The molecular formula is C21H24Cl2N6O. The van der Waals surface area contributed by atoms with Crippen LogP contribution in [0, 0.1) is 13.8 Å². The third kappa shape index (κ3) is 5.72. The van der Waals surface area contributed by atoms with E-state index in [0.717, 1.165) is 24.5 Å². The fraction of sp³-hybridized carbons (Fsp3) is 0.286. The quantitative estimate of drug-likeness (QED) is 0.577. The maximum Gasteiger partial charge on any atom is 0.233 e. The van der Waals surface area contributed by atoms with Crippen LogP contribution in [0.3, 0.4) is 0 Å². The molecule has 1 aromatic heterocycles. The summed E-state index contributed by atoms with van der Waals surface area (Å²) in [6.45, 7) is 6.94. The highest BCUT2D eigenvalue weighted by Gasteiger charge is 2.17. The molecule has 2 N–H and O–H groups in total. The number of aromatic nitrogens is 3. The summed E-state index contributed by atoms with van der Waals surface area (Å²) < 4.78 is 5.45. The first-order valence-electron chi connectivity index (χ1n) is 9.52. The van der Waals surface area contributed by atoms with Gasteiger partial charge in [0.25, 0.3) is 0 Å². The van der Waals surface area contributed by atoms with Gasteiger partial charge in [-0.25, -0.2) is 0 Å². The van der Waals surface area contributed by atoms with Crippen molar-refractivity contribution in [3.05, 3.63) is 58.6 Å². The monoisotopic (exact) mass is 446 g/mol. The number of ether oxygens (including phenoxy) is 1. The molecule has 0 amide bonds. The lowest BCUT2D eigenvalue weighted by Gasteiger charge is -2.27. The number of anilines is 5. The van der Waals surface area contributed by atoms with Crippen LogP contribution < -0.4 is 15.5 Å². The predicted octanol–water partition coefficient (Wildman–Crippen LogP) is 4.89. The average molecular weight is 447 g/mol. The minimum atomic E-state index is 0. The summed E-state index contributed by atoms with van der Waals surface area (Å²) in [6, 6.07) is 13.7. The van der Waals surface area contributed by atoms with Crippen LogP contribution in [-0.2, 0) is 4.74 Å². The summed E-state index contributed by atoms with van der Waals surface area (Å²) in [7, 11) is 0. The van der Waals surface area contributed by atoms with Crippen LogP contribution in [0.15, 0.2) is 42.5 Å². The molecule has 9 heteroatoms. The standard InChI is InChI=1S/C21H23ClN6O.ClH/c1-14-11-15(2)13-18(12-14)24-20-25-19(23-17-5-3-16(22)4-6-17)26-21(27-20)28-7-9-29-10-8-28;/h3-6,11-13H,7-10H2,1-2H3,(H2,23,24,25,26,27);1H. The topological polar surface area (TPSA) is 75.2 Å². The molecule has 3 aromatic rings. The Morgan fingerprint density at radius 2 is 1.40 bits per heavy atom. The first-order valence-corrected chi connectivity index (χ1v) is 9.90. The Balaban J connectivity index is 0.00000256. The maximum absolute atomic E-state index is 5.98. The highest BCUT2D eigenvalue weighted by molar-refractivity contribution is 6.30. The first-order chi connectivity index (χ1) is 14.0. The van der Waals surface area contributed by atoms with E-state index >= 15 is 0 Å². The number of rotatable bonds is 5. The first kappa shape index (κ1) is 22.1. The molecule has 0 bridgehead atoms. The molecular weight excluding hydrogens is 423 g/mol. The lowest BCUT2D eigenvalue weighted by Crippen LogP contribution is -2.37. The van der Waals surface area contributed by atoms with Crippen molar-refractivity contribution in [3.63, 3.8) is 0 Å². The number of nitrogens with one attached hydrogen (secondary N) is 2. The van der Waals surface area contributed by atoms with Crippen LogP contribution in [0.4, 0.5) is 29.2 Å². The number of aryl methyl sites for hydroxylation is 2. The van der Waals surface area contributed by atoms with Gasteiger partial charge in [-0.3, -0.25) is 0 Å². The molecule has 2 aromatic carbocycles. The second-order valence-electron chi connectivity index (χ2n) is 7.02. The minimum Gasteiger partial charge on any atom is -0.378 e. The van der Waals surface area contributed by atoms with Gasteiger partial charge in [0.2, 0.25) is 17.8 Å². The summed E-state index contributed by atoms with van der Waals surface area (Å²) >= 11 is 5.98. The fourth-order valence-electron chi connectivity index (χ4n) is 3.22. The van der Waals surface area contributed by atoms with Crippen LogP contribution in [0.1, 0.15) is 11.1 Å². The normalized spacial score (nSPS) is 13.5. The SMILES string of the molecule is Cc1cc(C)cc(Nc2nc(Nc3ccc(Cl)cc3)nc(N3CCOCC3)n2)c1.Cl.